The Labute approximate surface area is 258 Å². The number of anilines is 2. The number of hydrogen-bond donors (Lipinski definition) is 3. The zero-order valence-corrected chi connectivity index (χ0v) is 26.5. The van der Waals surface area contributed by atoms with Crippen molar-refractivity contribution in [1.29, 1.82) is 0 Å². The number of nitrogens with zero attached hydrogens (tertiary/aromatic N) is 3. The van der Waals surface area contributed by atoms with Gasteiger partial charge in [0.25, 0.3) is 0 Å². The SMILES string of the molecule is CNC(=O)Nc1ccc(Oc2ccc(C(=O)Nc3ccc(Br)cc3)cc2[As]c2ncnc3nc(C(C)C)ccc23)cc1. The third kappa shape index (κ3) is 7.13. The molecule has 3 amide bonds. The fraction of sp³-hybridized carbons (Fsp3) is 0.129. The second-order valence-electron chi connectivity index (χ2n) is 9.55. The average Bonchev–Trinajstić information content (AvgIpc) is 2.99. The Kier molecular flexibility index (Phi) is 9.15. The maximum absolute atomic E-state index is 13.2. The molecule has 0 aliphatic rings. The summed E-state index contributed by atoms with van der Waals surface area (Å²) in [5, 5.41) is 9.08. The van der Waals surface area contributed by atoms with Crippen LogP contribution in [0, 0.1) is 0 Å². The van der Waals surface area contributed by atoms with Crippen LogP contribution in [0.2, 0.25) is 0 Å². The standard InChI is InChI=1S/C31H27AsBrN6O3/c1-18(2)26-14-13-24-28(35-17-36-29(24)39-26)32-25-16-19(30(40)37-21-7-5-20(33)6-8-21)4-15-27(25)42-23-11-9-22(10-12-23)38-31(41)34-3/h4-18H,1-3H3,(H,37,40)(H2,34,38,41). The number of nitrogens with one attached hydrogen (secondary N) is 3. The first-order valence-electron chi connectivity index (χ1n) is 13.1. The van der Waals surface area contributed by atoms with Crippen LogP contribution in [0.3, 0.4) is 0 Å². The van der Waals surface area contributed by atoms with E-state index in [1.54, 1.807) is 43.4 Å². The van der Waals surface area contributed by atoms with Crippen molar-refractivity contribution in [3.05, 3.63) is 101 Å². The predicted molar refractivity (Wildman–Crippen MR) is 170 cm³/mol. The van der Waals surface area contributed by atoms with Gasteiger partial charge in [0.1, 0.15) is 0 Å². The summed E-state index contributed by atoms with van der Waals surface area (Å²) in [6, 6.07) is 23.6. The third-order valence-electron chi connectivity index (χ3n) is 6.21. The van der Waals surface area contributed by atoms with E-state index in [9.17, 15) is 9.59 Å². The van der Waals surface area contributed by atoms with E-state index in [0.29, 0.717) is 34.1 Å². The summed E-state index contributed by atoms with van der Waals surface area (Å²) >= 11 is 2.70. The first-order valence-corrected chi connectivity index (χ1v) is 15.8. The third-order valence-corrected chi connectivity index (χ3v) is 9.17. The van der Waals surface area contributed by atoms with Gasteiger partial charge < -0.3 is 0 Å². The number of carbonyl (C=O) groups is 2. The molecule has 0 saturated carbocycles. The van der Waals surface area contributed by atoms with Gasteiger partial charge in [-0.1, -0.05) is 0 Å². The van der Waals surface area contributed by atoms with E-state index in [-0.39, 0.29) is 17.9 Å². The van der Waals surface area contributed by atoms with Crippen molar-refractivity contribution in [2.45, 2.75) is 19.8 Å². The van der Waals surface area contributed by atoms with Gasteiger partial charge in [-0.05, 0) is 0 Å². The summed E-state index contributed by atoms with van der Waals surface area (Å²) in [5.74, 6) is 1.25. The summed E-state index contributed by atoms with van der Waals surface area (Å²) in [7, 11) is 1.56. The number of rotatable bonds is 8. The summed E-state index contributed by atoms with van der Waals surface area (Å²) in [4.78, 5) is 38.6. The van der Waals surface area contributed by atoms with Gasteiger partial charge in [-0.25, -0.2) is 0 Å². The number of ether oxygens (including phenoxy) is 1. The normalized spacial score (nSPS) is 11.2. The number of pyridine rings is 1. The molecule has 0 saturated heterocycles. The van der Waals surface area contributed by atoms with Crippen molar-refractivity contribution in [3.8, 4) is 11.5 Å². The van der Waals surface area contributed by atoms with Crippen molar-refractivity contribution >= 4 is 74.9 Å². The Morgan fingerprint density at radius 2 is 1.60 bits per heavy atom. The van der Waals surface area contributed by atoms with Gasteiger partial charge in [0.2, 0.25) is 0 Å². The van der Waals surface area contributed by atoms with Gasteiger partial charge in [0, 0.05) is 0 Å². The Bertz CT molecular complexity index is 1750. The van der Waals surface area contributed by atoms with Crippen LogP contribution in [0.15, 0.2) is 89.7 Å². The summed E-state index contributed by atoms with van der Waals surface area (Å²) in [6.45, 7) is 4.19. The first-order chi connectivity index (χ1) is 20.3. The number of halogens is 1. The van der Waals surface area contributed by atoms with E-state index in [1.165, 1.54) is 6.33 Å². The second-order valence-corrected chi connectivity index (χ2v) is 12.8. The van der Waals surface area contributed by atoms with Crippen LogP contribution in [0.4, 0.5) is 16.2 Å². The molecule has 5 aromatic rings. The Morgan fingerprint density at radius 3 is 2.31 bits per heavy atom. The van der Waals surface area contributed by atoms with Crippen molar-refractivity contribution in [2.24, 2.45) is 0 Å². The van der Waals surface area contributed by atoms with E-state index in [0.717, 1.165) is 24.4 Å². The number of amides is 3. The van der Waals surface area contributed by atoms with E-state index in [4.69, 9.17) is 9.72 Å². The molecule has 211 valence electrons. The van der Waals surface area contributed by atoms with E-state index in [2.05, 4.69) is 55.7 Å². The fourth-order valence-corrected chi connectivity index (χ4v) is 6.47. The molecule has 0 atom stereocenters. The topological polar surface area (TPSA) is 118 Å². The molecule has 3 aromatic carbocycles. The molecule has 1 radical (unpaired) electrons. The average molecular weight is 686 g/mol. The van der Waals surface area contributed by atoms with Gasteiger partial charge in [-0.15, -0.1) is 0 Å². The van der Waals surface area contributed by atoms with Gasteiger partial charge in [-0.3, -0.25) is 0 Å². The van der Waals surface area contributed by atoms with Crippen LogP contribution in [-0.2, 0) is 0 Å². The Balaban J connectivity index is 1.48. The fourth-order valence-electron chi connectivity index (χ4n) is 3.96. The molecule has 42 heavy (non-hydrogen) atoms. The molecule has 2 heterocycles. The van der Waals surface area contributed by atoms with Crippen molar-refractivity contribution < 1.29 is 14.3 Å². The monoisotopic (exact) mass is 685 g/mol. The molecule has 11 heteroatoms. The zero-order valence-electron chi connectivity index (χ0n) is 23.1. The molecule has 9 nitrogen and oxygen atoms in total. The predicted octanol–water partition coefficient (Wildman–Crippen LogP) is 5.36. The minimum atomic E-state index is -0.723. The van der Waals surface area contributed by atoms with Crippen LogP contribution in [-0.4, -0.2) is 49.7 Å². The summed E-state index contributed by atoms with van der Waals surface area (Å²) in [6.07, 6.45) is 1.53. The number of aromatic nitrogens is 3. The zero-order chi connectivity index (χ0) is 29.6. The molecular weight excluding hydrogens is 659 g/mol. The van der Waals surface area contributed by atoms with E-state index < -0.39 is 15.8 Å². The molecule has 0 aliphatic carbocycles. The van der Waals surface area contributed by atoms with Crippen LogP contribution < -0.4 is 29.5 Å². The quantitative estimate of drug-likeness (QED) is 0.189. The van der Waals surface area contributed by atoms with Gasteiger partial charge in [0.05, 0.1) is 0 Å². The molecule has 0 bridgehead atoms. The molecule has 0 aliphatic heterocycles. The van der Waals surface area contributed by atoms with Crippen LogP contribution in [0.1, 0.15) is 35.8 Å². The first kappa shape index (κ1) is 29.2. The van der Waals surface area contributed by atoms with Gasteiger partial charge >= 0.3 is 259 Å². The van der Waals surface area contributed by atoms with Crippen molar-refractivity contribution in [1.82, 2.24) is 20.3 Å². The number of carbonyl (C=O) groups excluding carboxylic acids is 2. The Hall–Kier alpha value is -4.27. The molecule has 0 unspecified atom stereocenters. The number of urea groups is 1. The summed E-state index contributed by atoms with van der Waals surface area (Å²) in [5.41, 5.74) is 3.44. The van der Waals surface area contributed by atoms with Gasteiger partial charge in [-0.2, -0.15) is 0 Å². The molecule has 5 rings (SSSR count). The Morgan fingerprint density at radius 1 is 0.881 bits per heavy atom. The number of benzene rings is 3. The summed E-state index contributed by atoms with van der Waals surface area (Å²) < 4.78 is 8.94. The van der Waals surface area contributed by atoms with Crippen molar-refractivity contribution in [3.63, 3.8) is 0 Å². The number of hydrogen-bond acceptors (Lipinski definition) is 6. The molecule has 2 aromatic heterocycles. The molecule has 0 fully saturated rings. The van der Waals surface area contributed by atoms with Crippen LogP contribution >= 0.6 is 15.9 Å². The van der Waals surface area contributed by atoms with Gasteiger partial charge in [0.15, 0.2) is 0 Å². The number of fused-ring (bicyclic) bond motifs is 1. The molecular formula is C31H27AsBrN6O3. The maximum atomic E-state index is 13.2. The molecule has 0 spiro atoms. The van der Waals surface area contributed by atoms with E-state index >= 15 is 0 Å². The van der Waals surface area contributed by atoms with Crippen molar-refractivity contribution in [2.75, 3.05) is 17.7 Å². The van der Waals surface area contributed by atoms with Crippen LogP contribution in [0.5, 0.6) is 11.5 Å². The minimum absolute atomic E-state index is 0.230. The second kappa shape index (κ2) is 13.1. The van der Waals surface area contributed by atoms with E-state index in [1.807, 2.05) is 42.5 Å². The van der Waals surface area contributed by atoms with Crippen LogP contribution in [0.25, 0.3) is 11.0 Å². The molecule has 3 N–H and O–H groups in total.